The lowest BCUT2D eigenvalue weighted by Crippen LogP contribution is -1.86. The lowest BCUT2D eigenvalue weighted by atomic mass is 10.2. The average Bonchev–Trinajstić information content (AvgIpc) is 2.67. The molecule has 4 nitrogen and oxygen atoms in total. The van der Waals surface area contributed by atoms with Gasteiger partial charge >= 0.3 is 0 Å². The zero-order valence-electron chi connectivity index (χ0n) is 6.94. The van der Waals surface area contributed by atoms with E-state index in [2.05, 4.69) is 15.1 Å². The van der Waals surface area contributed by atoms with E-state index >= 15 is 0 Å². The molecule has 72 valence electrons. The van der Waals surface area contributed by atoms with E-state index in [9.17, 15) is 4.39 Å². The van der Waals surface area contributed by atoms with Gasteiger partial charge in [-0.2, -0.15) is 4.98 Å². The van der Waals surface area contributed by atoms with Gasteiger partial charge in [0.25, 0.3) is 5.89 Å². The number of nitrogens with zero attached hydrogens (tertiary/aromatic N) is 3. The first-order valence-electron chi connectivity index (χ1n) is 3.79. The van der Waals surface area contributed by atoms with Crippen molar-refractivity contribution < 1.29 is 8.91 Å². The zero-order chi connectivity index (χ0) is 9.97. The summed E-state index contributed by atoms with van der Waals surface area (Å²) in [5, 5.41) is 3.55. The van der Waals surface area contributed by atoms with E-state index in [1.54, 1.807) is 0 Å². The Morgan fingerprint density at radius 3 is 3.00 bits per heavy atom. The summed E-state index contributed by atoms with van der Waals surface area (Å²) >= 11 is 5.48. The van der Waals surface area contributed by atoms with Crippen LogP contribution in [0.1, 0.15) is 5.82 Å². The molecule has 2 rings (SSSR count). The number of rotatable bonds is 2. The Labute approximate surface area is 83.7 Å². The Morgan fingerprint density at radius 2 is 2.36 bits per heavy atom. The quantitative estimate of drug-likeness (QED) is 0.716. The van der Waals surface area contributed by atoms with E-state index in [0.717, 1.165) is 6.20 Å². The van der Waals surface area contributed by atoms with Crippen LogP contribution >= 0.6 is 11.6 Å². The maximum absolute atomic E-state index is 13.2. The molecule has 0 unspecified atom stereocenters. The first kappa shape index (κ1) is 9.08. The molecule has 0 aliphatic carbocycles. The van der Waals surface area contributed by atoms with Gasteiger partial charge in [0.2, 0.25) is 0 Å². The van der Waals surface area contributed by atoms with Crippen LogP contribution in [0.4, 0.5) is 4.39 Å². The summed E-state index contributed by atoms with van der Waals surface area (Å²) in [6, 6.07) is 1.46. The molecule has 0 spiro atoms. The molecule has 0 aliphatic heterocycles. The molecule has 6 heteroatoms. The van der Waals surface area contributed by atoms with Crippen molar-refractivity contribution >= 4 is 11.6 Å². The van der Waals surface area contributed by atoms with Crippen LogP contribution in [0.2, 0.25) is 0 Å². The number of alkyl halides is 1. The summed E-state index contributed by atoms with van der Waals surface area (Å²) in [6.07, 6.45) is 2.53. The molecule has 14 heavy (non-hydrogen) atoms. The van der Waals surface area contributed by atoms with Gasteiger partial charge in [-0.1, -0.05) is 5.16 Å². The Morgan fingerprint density at radius 1 is 1.50 bits per heavy atom. The Balaban J connectivity index is 2.44. The minimum atomic E-state index is -0.503. The van der Waals surface area contributed by atoms with Crippen molar-refractivity contribution in [2.45, 2.75) is 5.88 Å². The highest BCUT2D eigenvalue weighted by Gasteiger charge is 2.11. The van der Waals surface area contributed by atoms with E-state index in [-0.39, 0.29) is 17.3 Å². The summed E-state index contributed by atoms with van der Waals surface area (Å²) in [6.45, 7) is 0. The third-order valence-corrected chi connectivity index (χ3v) is 1.83. The van der Waals surface area contributed by atoms with E-state index < -0.39 is 5.82 Å². The maximum atomic E-state index is 13.2. The fourth-order valence-corrected chi connectivity index (χ4v) is 1.07. The lowest BCUT2D eigenvalue weighted by Gasteiger charge is -1.93. The van der Waals surface area contributed by atoms with Crippen molar-refractivity contribution in [3.8, 4) is 11.5 Å². The minimum absolute atomic E-state index is 0.112. The van der Waals surface area contributed by atoms with Crippen molar-refractivity contribution in [1.82, 2.24) is 15.1 Å². The lowest BCUT2D eigenvalue weighted by molar-refractivity contribution is 0.422. The van der Waals surface area contributed by atoms with Crippen LogP contribution in [0.15, 0.2) is 23.0 Å². The SMILES string of the molecule is Fc1cnccc1-c1nc(CCl)no1. The molecule has 0 fully saturated rings. The fourth-order valence-electron chi connectivity index (χ4n) is 0.966. The Kier molecular flexibility index (Phi) is 2.41. The van der Waals surface area contributed by atoms with Crippen molar-refractivity contribution in [3.05, 3.63) is 30.1 Å². The van der Waals surface area contributed by atoms with E-state index in [1.165, 1.54) is 12.3 Å². The molecule has 0 N–H and O–H groups in total. The molecule has 0 aliphatic rings. The second-order valence-electron chi connectivity index (χ2n) is 2.50. The first-order chi connectivity index (χ1) is 6.81. The smallest absolute Gasteiger partial charge is 0.261 e. The Hall–Kier alpha value is -1.49. The third-order valence-electron chi connectivity index (χ3n) is 1.59. The van der Waals surface area contributed by atoms with Crippen LogP contribution in [0.3, 0.4) is 0 Å². The number of pyridine rings is 1. The van der Waals surface area contributed by atoms with Gasteiger partial charge in [-0.15, -0.1) is 11.6 Å². The average molecular weight is 214 g/mol. The summed E-state index contributed by atoms with van der Waals surface area (Å²) in [5.74, 6) is 0.0756. The largest absolute Gasteiger partial charge is 0.334 e. The highest BCUT2D eigenvalue weighted by molar-refractivity contribution is 6.16. The van der Waals surface area contributed by atoms with Crippen LogP contribution in [0.5, 0.6) is 0 Å². The van der Waals surface area contributed by atoms with E-state index in [0.29, 0.717) is 5.82 Å². The highest BCUT2D eigenvalue weighted by Crippen LogP contribution is 2.19. The Bertz CT molecular complexity index is 446. The minimum Gasteiger partial charge on any atom is -0.334 e. The van der Waals surface area contributed by atoms with Gasteiger partial charge in [0.15, 0.2) is 11.6 Å². The van der Waals surface area contributed by atoms with Gasteiger partial charge in [-0.05, 0) is 6.07 Å². The molecule has 0 saturated carbocycles. The van der Waals surface area contributed by atoms with Crippen LogP contribution in [-0.2, 0) is 5.88 Å². The second-order valence-corrected chi connectivity index (χ2v) is 2.77. The molecule has 2 heterocycles. The van der Waals surface area contributed by atoms with Gasteiger partial charge in [0.05, 0.1) is 17.6 Å². The van der Waals surface area contributed by atoms with Gasteiger partial charge in [0.1, 0.15) is 0 Å². The number of hydrogen-bond donors (Lipinski definition) is 0. The molecule has 0 radical (unpaired) electrons. The molecule has 2 aromatic heterocycles. The third kappa shape index (κ3) is 1.58. The monoisotopic (exact) mass is 213 g/mol. The number of hydrogen-bond acceptors (Lipinski definition) is 4. The molecule has 0 aromatic carbocycles. The van der Waals surface area contributed by atoms with E-state index in [4.69, 9.17) is 16.1 Å². The molecular formula is C8H5ClFN3O. The van der Waals surface area contributed by atoms with Crippen LogP contribution in [0, 0.1) is 5.82 Å². The predicted octanol–water partition coefficient (Wildman–Crippen LogP) is 2.01. The van der Waals surface area contributed by atoms with Crippen molar-refractivity contribution in [3.63, 3.8) is 0 Å². The highest BCUT2D eigenvalue weighted by atomic mass is 35.5. The van der Waals surface area contributed by atoms with Crippen molar-refractivity contribution in [2.24, 2.45) is 0 Å². The standard InChI is InChI=1S/C8H5ClFN3O/c9-3-7-12-8(14-13-7)5-1-2-11-4-6(5)10/h1-2,4H,3H2. The predicted molar refractivity (Wildman–Crippen MR) is 47.0 cm³/mol. The van der Waals surface area contributed by atoms with E-state index in [1.807, 2.05) is 0 Å². The van der Waals surface area contributed by atoms with Gasteiger partial charge in [0, 0.05) is 6.20 Å². The number of halogens is 2. The summed E-state index contributed by atoms with van der Waals surface area (Å²) in [5.41, 5.74) is 0.226. The molecule has 0 atom stereocenters. The van der Waals surface area contributed by atoms with Gasteiger partial charge in [-0.3, -0.25) is 4.98 Å². The second kappa shape index (κ2) is 3.71. The van der Waals surface area contributed by atoms with Crippen molar-refractivity contribution in [1.29, 1.82) is 0 Å². The molecule has 0 bridgehead atoms. The first-order valence-corrected chi connectivity index (χ1v) is 4.33. The normalized spacial score (nSPS) is 10.4. The number of aromatic nitrogens is 3. The van der Waals surface area contributed by atoms with Crippen LogP contribution in [-0.4, -0.2) is 15.1 Å². The summed E-state index contributed by atoms with van der Waals surface area (Å²) < 4.78 is 18.0. The van der Waals surface area contributed by atoms with Gasteiger partial charge in [-0.25, -0.2) is 4.39 Å². The van der Waals surface area contributed by atoms with Crippen molar-refractivity contribution in [2.75, 3.05) is 0 Å². The summed E-state index contributed by atoms with van der Waals surface area (Å²) in [4.78, 5) is 7.49. The topological polar surface area (TPSA) is 51.8 Å². The zero-order valence-corrected chi connectivity index (χ0v) is 7.70. The summed E-state index contributed by atoms with van der Waals surface area (Å²) in [7, 11) is 0. The maximum Gasteiger partial charge on any atom is 0.261 e. The van der Waals surface area contributed by atoms with Crippen LogP contribution in [0.25, 0.3) is 11.5 Å². The molecular weight excluding hydrogens is 209 g/mol. The van der Waals surface area contributed by atoms with Gasteiger partial charge < -0.3 is 4.52 Å². The molecule has 0 amide bonds. The molecule has 0 saturated heterocycles. The fraction of sp³-hybridized carbons (Fsp3) is 0.125. The molecule has 2 aromatic rings. The van der Waals surface area contributed by atoms with Crippen LogP contribution < -0.4 is 0 Å².